The summed E-state index contributed by atoms with van der Waals surface area (Å²) in [5.41, 5.74) is 1.41. The van der Waals surface area contributed by atoms with Crippen LogP contribution in [0.5, 0.6) is 0 Å². The lowest BCUT2D eigenvalue weighted by Crippen LogP contribution is -2.22. The summed E-state index contributed by atoms with van der Waals surface area (Å²) in [5.74, 6) is -1.11. The molecule has 0 saturated carbocycles. The molecule has 0 spiro atoms. The maximum atomic E-state index is 12.4. The van der Waals surface area contributed by atoms with Crippen LogP contribution in [0.4, 0.5) is 0 Å². The van der Waals surface area contributed by atoms with Crippen molar-refractivity contribution in [2.75, 3.05) is 7.11 Å². The van der Waals surface area contributed by atoms with Gasteiger partial charge in [0.15, 0.2) is 5.78 Å². The molecule has 0 N–H and O–H groups in total. The van der Waals surface area contributed by atoms with Crippen LogP contribution in [-0.4, -0.2) is 18.9 Å². The number of methoxy groups -OCH3 is 1. The van der Waals surface area contributed by atoms with E-state index >= 15 is 0 Å². The van der Waals surface area contributed by atoms with Gasteiger partial charge in [-0.3, -0.25) is 9.59 Å². The van der Waals surface area contributed by atoms with Gasteiger partial charge in [0.25, 0.3) is 0 Å². The second-order valence-corrected chi connectivity index (χ2v) is 5.98. The van der Waals surface area contributed by atoms with E-state index in [-0.39, 0.29) is 12.2 Å². The Hall–Kier alpha value is -1.84. The second kappa shape index (κ2) is 8.14. The summed E-state index contributed by atoms with van der Waals surface area (Å²) in [4.78, 5) is 24.4. The van der Waals surface area contributed by atoms with Crippen molar-refractivity contribution in [3.63, 3.8) is 0 Å². The number of esters is 1. The number of rotatable bonds is 6. The van der Waals surface area contributed by atoms with E-state index in [4.69, 9.17) is 27.9 Å². The van der Waals surface area contributed by atoms with E-state index in [1.165, 1.54) is 13.2 Å². The van der Waals surface area contributed by atoms with Crippen LogP contribution in [0.2, 0.25) is 10.0 Å². The lowest BCUT2D eigenvalue weighted by molar-refractivity contribution is -0.145. The first-order valence-electron chi connectivity index (χ1n) is 7.11. The van der Waals surface area contributed by atoms with Gasteiger partial charge in [-0.1, -0.05) is 53.5 Å². The summed E-state index contributed by atoms with van der Waals surface area (Å²) in [6.07, 6.45) is 0.500. The van der Waals surface area contributed by atoms with Gasteiger partial charge >= 0.3 is 5.97 Å². The number of hydrogen-bond donors (Lipinski definition) is 0. The van der Waals surface area contributed by atoms with Crippen molar-refractivity contribution in [1.82, 2.24) is 0 Å². The highest BCUT2D eigenvalue weighted by atomic mass is 35.5. The summed E-state index contributed by atoms with van der Waals surface area (Å²) in [6.45, 7) is 0. The highest BCUT2D eigenvalue weighted by Gasteiger charge is 2.24. The van der Waals surface area contributed by atoms with E-state index in [2.05, 4.69) is 0 Å². The Morgan fingerprint density at radius 3 is 2.35 bits per heavy atom. The molecule has 0 heterocycles. The van der Waals surface area contributed by atoms with Crippen molar-refractivity contribution >= 4 is 35.0 Å². The maximum absolute atomic E-state index is 12.4. The fraction of sp³-hybridized carbons (Fsp3) is 0.222. The first-order chi connectivity index (χ1) is 11.0. The van der Waals surface area contributed by atoms with E-state index in [1.807, 2.05) is 30.3 Å². The molecule has 0 amide bonds. The van der Waals surface area contributed by atoms with Crippen molar-refractivity contribution in [3.8, 4) is 0 Å². The van der Waals surface area contributed by atoms with Gasteiger partial charge < -0.3 is 4.74 Å². The Balaban J connectivity index is 2.15. The molecule has 5 heteroatoms. The molecular formula is C18H16Cl2O3. The van der Waals surface area contributed by atoms with Crippen LogP contribution in [0.15, 0.2) is 48.5 Å². The van der Waals surface area contributed by atoms with Gasteiger partial charge in [0.1, 0.15) is 0 Å². The largest absolute Gasteiger partial charge is 0.469 e. The van der Waals surface area contributed by atoms with Crippen LogP contribution in [0.3, 0.4) is 0 Å². The SMILES string of the molecule is COC(=O)C(CC(=O)c1ccc(Cl)c(Cl)c1)Cc1ccccc1. The number of ether oxygens (including phenoxy) is 1. The Morgan fingerprint density at radius 2 is 1.74 bits per heavy atom. The van der Waals surface area contributed by atoms with Gasteiger partial charge in [-0.05, 0) is 30.2 Å². The number of carbonyl (C=O) groups is 2. The number of benzene rings is 2. The Bertz CT molecular complexity index is 699. The number of hydrogen-bond acceptors (Lipinski definition) is 3. The zero-order valence-electron chi connectivity index (χ0n) is 12.6. The van der Waals surface area contributed by atoms with Crippen LogP contribution < -0.4 is 0 Å². The zero-order valence-corrected chi connectivity index (χ0v) is 14.1. The first-order valence-corrected chi connectivity index (χ1v) is 7.87. The molecule has 2 aromatic carbocycles. The fourth-order valence-electron chi connectivity index (χ4n) is 2.32. The lowest BCUT2D eigenvalue weighted by atomic mass is 9.92. The van der Waals surface area contributed by atoms with Crippen LogP contribution in [0.1, 0.15) is 22.3 Å². The normalized spacial score (nSPS) is 11.8. The highest BCUT2D eigenvalue weighted by Crippen LogP contribution is 2.24. The minimum absolute atomic E-state index is 0.0551. The van der Waals surface area contributed by atoms with Gasteiger partial charge in [-0.25, -0.2) is 0 Å². The molecule has 0 aromatic heterocycles. The monoisotopic (exact) mass is 350 g/mol. The number of carbonyl (C=O) groups excluding carboxylic acids is 2. The summed E-state index contributed by atoms with van der Waals surface area (Å²) in [5, 5.41) is 0.701. The number of Topliss-reactive ketones (excluding diaryl/α,β-unsaturated/α-hetero) is 1. The first kappa shape index (κ1) is 17.5. The molecule has 1 atom stereocenters. The van der Waals surface area contributed by atoms with E-state index in [0.29, 0.717) is 22.0 Å². The van der Waals surface area contributed by atoms with Crippen molar-refractivity contribution in [2.24, 2.45) is 5.92 Å². The highest BCUT2D eigenvalue weighted by molar-refractivity contribution is 6.42. The molecule has 23 heavy (non-hydrogen) atoms. The number of halogens is 2. The quantitative estimate of drug-likeness (QED) is 0.564. The minimum Gasteiger partial charge on any atom is -0.469 e. The second-order valence-electron chi connectivity index (χ2n) is 5.17. The van der Waals surface area contributed by atoms with Crippen molar-refractivity contribution in [2.45, 2.75) is 12.8 Å². The Kier molecular flexibility index (Phi) is 6.20. The predicted octanol–water partition coefficient (Wildman–Crippen LogP) is 4.60. The third-order valence-corrected chi connectivity index (χ3v) is 4.27. The van der Waals surface area contributed by atoms with Crippen LogP contribution in [0, 0.1) is 5.92 Å². The third-order valence-electron chi connectivity index (χ3n) is 3.53. The lowest BCUT2D eigenvalue weighted by Gasteiger charge is -2.14. The van der Waals surface area contributed by atoms with Gasteiger partial charge in [-0.2, -0.15) is 0 Å². The summed E-state index contributed by atoms with van der Waals surface area (Å²) in [6, 6.07) is 14.2. The Morgan fingerprint density at radius 1 is 1.04 bits per heavy atom. The van der Waals surface area contributed by atoms with E-state index in [9.17, 15) is 9.59 Å². The molecule has 0 bridgehead atoms. The van der Waals surface area contributed by atoms with Crippen LogP contribution in [0.25, 0.3) is 0 Å². The third kappa shape index (κ3) is 4.81. The van der Waals surface area contributed by atoms with Crippen molar-refractivity contribution in [1.29, 1.82) is 0 Å². The smallest absolute Gasteiger partial charge is 0.309 e. The van der Waals surface area contributed by atoms with E-state index in [1.54, 1.807) is 12.1 Å². The minimum atomic E-state index is -0.538. The maximum Gasteiger partial charge on any atom is 0.309 e. The molecule has 0 aliphatic carbocycles. The topological polar surface area (TPSA) is 43.4 Å². The number of ketones is 1. The van der Waals surface area contributed by atoms with Gasteiger partial charge in [-0.15, -0.1) is 0 Å². The van der Waals surface area contributed by atoms with Crippen molar-refractivity contribution < 1.29 is 14.3 Å². The van der Waals surface area contributed by atoms with Crippen LogP contribution >= 0.6 is 23.2 Å². The molecule has 0 fully saturated rings. The molecule has 2 rings (SSSR count). The van der Waals surface area contributed by atoms with Crippen LogP contribution in [-0.2, 0) is 16.0 Å². The average molecular weight is 351 g/mol. The molecule has 0 radical (unpaired) electrons. The Labute approximate surface area is 145 Å². The van der Waals surface area contributed by atoms with Gasteiger partial charge in [0.2, 0.25) is 0 Å². The summed E-state index contributed by atoms with van der Waals surface area (Å²) < 4.78 is 4.83. The summed E-state index contributed by atoms with van der Waals surface area (Å²) in [7, 11) is 1.32. The summed E-state index contributed by atoms with van der Waals surface area (Å²) >= 11 is 11.8. The molecule has 2 aromatic rings. The standard InChI is InChI=1S/C18H16Cl2O3/c1-23-18(22)14(9-12-5-3-2-4-6-12)11-17(21)13-7-8-15(19)16(20)10-13/h2-8,10,14H,9,11H2,1H3. The molecule has 120 valence electrons. The van der Waals surface area contributed by atoms with Gasteiger partial charge in [0.05, 0.1) is 23.1 Å². The predicted molar refractivity (Wildman–Crippen MR) is 91.1 cm³/mol. The van der Waals surface area contributed by atoms with E-state index < -0.39 is 11.9 Å². The zero-order chi connectivity index (χ0) is 16.8. The fourth-order valence-corrected chi connectivity index (χ4v) is 2.61. The average Bonchev–Trinajstić information content (AvgIpc) is 2.56. The molecule has 3 nitrogen and oxygen atoms in total. The molecular weight excluding hydrogens is 335 g/mol. The van der Waals surface area contributed by atoms with Crippen molar-refractivity contribution in [3.05, 3.63) is 69.7 Å². The molecule has 0 saturated heterocycles. The van der Waals surface area contributed by atoms with E-state index in [0.717, 1.165) is 5.56 Å². The molecule has 1 unspecified atom stereocenters. The molecule has 0 aliphatic rings. The molecule has 0 aliphatic heterocycles. The van der Waals surface area contributed by atoms with Gasteiger partial charge in [0, 0.05) is 12.0 Å².